The maximum Gasteiger partial charge on any atom is 0.0716 e. The van der Waals surface area contributed by atoms with Gasteiger partial charge in [0.2, 0.25) is 0 Å². The maximum absolute atomic E-state index is 5.95. The van der Waals surface area contributed by atoms with Gasteiger partial charge in [-0.05, 0) is 42.1 Å². The van der Waals surface area contributed by atoms with E-state index in [1.165, 1.54) is 5.56 Å². The number of rotatable bonds is 5. The van der Waals surface area contributed by atoms with Gasteiger partial charge in [-0.15, -0.1) is 0 Å². The molecule has 0 aliphatic carbocycles. The van der Waals surface area contributed by atoms with E-state index in [9.17, 15) is 0 Å². The molecule has 0 aliphatic rings. The highest BCUT2D eigenvalue weighted by atomic mass is 35.5. The molecule has 1 unspecified atom stereocenters. The molecule has 0 saturated heterocycles. The number of hydrogen-bond donors (Lipinski definition) is 1. The topological polar surface area (TPSA) is 35.2 Å². The Morgan fingerprint density at radius 3 is 2.80 bits per heavy atom. The van der Waals surface area contributed by atoms with E-state index in [-0.39, 0.29) is 0 Å². The number of benzene rings is 1. The van der Waals surface area contributed by atoms with Gasteiger partial charge in [0.1, 0.15) is 0 Å². The smallest absolute Gasteiger partial charge is 0.0716 e. The predicted molar refractivity (Wildman–Crippen MR) is 64.3 cm³/mol. The highest BCUT2D eigenvalue weighted by molar-refractivity contribution is 6.30. The Bertz CT molecular complexity index is 314. The van der Waals surface area contributed by atoms with Crippen LogP contribution in [-0.4, -0.2) is 13.7 Å². The fourth-order valence-corrected chi connectivity index (χ4v) is 1.94. The zero-order chi connectivity index (χ0) is 11.3. The van der Waals surface area contributed by atoms with Gasteiger partial charge in [-0.3, -0.25) is 0 Å². The Kier molecular flexibility index (Phi) is 5.09. The second-order valence-corrected chi connectivity index (χ2v) is 4.19. The van der Waals surface area contributed by atoms with Crippen LogP contribution in [0.2, 0.25) is 5.02 Å². The summed E-state index contributed by atoms with van der Waals surface area (Å²) < 4.78 is 5.16. The standard InChI is InChI=1S/C12H18ClNO/c1-9(5-6-14)12-4-3-11(13)7-10(12)8-15-2/h3-4,7,9H,5-6,8,14H2,1-2H3. The summed E-state index contributed by atoms with van der Waals surface area (Å²) in [6.45, 7) is 3.48. The molecule has 1 rings (SSSR count). The minimum Gasteiger partial charge on any atom is -0.380 e. The minimum absolute atomic E-state index is 0.456. The molecule has 0 aliphatic heterocycles. The van der Waals surface area contributed by atoms with Gasteiger partial charge in [-0.2, -0.15) is 0 Å². The van der Waals surface area contributed by atoms with E-state index >= 15 is 0 Å². The van der Waals surface area contributed by atoms with Crippen LogP contribution in [-0.2, 0) is 11.3 Å². The van der Waals surface area contributed by atoms with Gasteiger partial charge >= 0.3 is 0 Å². The van der Waals surface area contributed by atoms with Gasteiger partial charge < -0.3 is 10.5 Å². The summed E-state index contributed by atoms with van der Waals surface area (Å²) in [4.78, 5) is 0. The third-order valence-electron chi connectivity index (χ3n) is 2.54. The highest BCUT2D eigenvalue weighted by Gasteiger charge is 2.10. The van der Waals surface area contributed by atoms with E-state index in [2.05, 4.69) is 13.0 Å². The van der Waals surface area contributed by atoms with Crippen molar-refractivity contribution < 1.29 is 4.74 Å². The molecule has 0 amide bonds. The van der Waals surface area contributed by atoms with Crippen LogP contribution in [0.25, 0.3) is 0 Å². The van der Waals surface area contributed by atoms with Crippen LogP contribution in [0.15, 0.2) is 18.2 Å². The summed E-state index contributed by atoms with van der Waals surface area (Å²) in [5.74, 6) is 0.456. The minimum atomic E-state index is 0.456. The van der Waals surface area contributed by atoms with Crippen molar-refractivity contribution in [1.29, 1.82) is 0 Å². The fraction of sp³-hybridized carbons (Fsp3) is 0.500. The quantitative estimate of drug-likeness (QED) is 0.840. The summed E-state index contributed by atoms with van der Waals surface area (Å²) in [6.07, 6.45) is 0.984. The van der Waals surface area contributed by atoms with Crippen molar-refractivity contribution in [2.24, 2.45) is 5.73 Å². The average Bonchev–Trinajstić information content (AvgIpc) is 2.18. The fourth-order valence-electron chi connectivity index (χ4n) is 1.74. The Hall–Kier alpha value is -0.570. The van der Waals surface area contributed by atoms with Crippen LogP contribution < -0.4 is 5.73 Å². The highest BCUT2D eigenvalue weighted by Crippen LogP contribution is 2.25. The van der Waals surface area contributed by atoms with Crippen LogP contribution in [0.1, 0.15) is 30.4 Å². The largest absolute Gasteiger partial charge is 0.380 e. The molecule has 0 heterocycles. The molecule has 1 aromatic rings. The van der Waals surface area contributed by atoms with Crippen LogP contribution >= 0.6 is 11.6 Å². The summed E-state index contributed by atoms with van der Waals surface area (Å²) in [5, 5.41) is 0.755. The number of nitrogens with two attached hydrogens (primary N) is 1. The lowest BCUT2D eigenvalue weighted by molar-refractivity contribution is 0.184. The third kappa shape index (κ3) is 3.49. The first-order valence-electron chi connectivity index (χ1n) is 5.16. The van der Waals surface area contributed by atoms with Crippen molar-refractivity contribution in [3.63, 3.8) is 0 Å². The molecule has 15 heavy (non-hydrogen) atoms. The van der Waals surface area contributed by atoms with Gasteiger partial charge in [-0.1, -0.05) is 24.6 Å². The Balaban J connectivity index is 2.93. The summed E-state index contributed by atoms with van der Waals surface area (Å²) in [5.41, 5.74) is 8.01. The van der Waals surface area contributed by atoms with E-state index in [1.54, 1.807) is 7.11 Å². The zero-order valence-electron chi connectivity index (χ0n) is 9.29. The molecular weight excluding hydrogens is 210 g/mol. The second-order valence-electron chi connectivity index (χ2n) is 3.75. The molecule has 2 nitrogen and oxygen atoms in total. The van der Waals surface area contributed by atoms with Gasteiger partial charge in [0.25, 0.3) is 0 Å². The van der Waals surface area contributed by atoms with E-state index in [0.29, 0.717) is 19.1 Å². The SMILES string of the molecule is COCc1cc(Cl)ccc1C(C)CCN. The van der Waals surface area contributed by atoms with Gasteiger partial charge in [0.05, 0.1) is 6.61 Å². The maximum atomic E-state index is 5.95. The van der Waals surface area contributed by atoms with Crippen molar-refractivity contribution in [1.82, 2.24) is 0 Å². The lowest BCUT2D eigenvalue weighted by Gasteiger charge is -2.15. The zero-order valence-corrected chi connectivity index (χ0v) is 10.1. The van der Waals surface area contributed by atoms with Crippen molar-refractivity contribution in [3.8, 4) is 0 Å². The molecule has 0 radical (unpaired) electrons. The molecule has 1 aromatic carbocycles. The van der Waals surface area contributed by atoms with E-state index in [1.807, 2.05) is 12.1 Å². The molecule has 84 valence electrons. The Labute approximate surface area is 96.4 Å². The molecule has 1 atom stereocenters. The second kappa shape index (κ2) is 6.11. The van der Waals surface area contributed by atoms with Crippen molar-refractivity contribution in [2.75, 3.05) is 13.7 Å². The predicted octanol–water partition coefficient (Wildman–Crippen LogP) is 2.94. The van der Waals surface area contributed by atoms with Crippen LogP contribution in [0.3, 0.4) is 0 Å². The van der Waals surface area contributed by atoms with Crippen LogP contribution in [0, 0.1) is 0 Å². The molecule has 0 aromatic heterocycles. The molecule has 0 spiro atoms. The summed E-state index contributed by atoms with van der Waals surface area (Å²) >= 11 is 5.95. The Morgan fingerprint density at radius 2 is 2.20 bits per heavy atom. The van der Waals surface area contributed by atoms with Gasteiger partial charge in [0.15, 0.2) is 0 Å². The summed E-state index contributed by atoms with van der Waals surface area (Å²) in [6, 6.07) is 5.95. The molecule has 3 heteroatoms. The first kappa shape index (κ1) is 12.5. The van der Waals surface area contributed by atoms with Crippen LogP contribution in [0.4, 0.5) is 0 Å². The molecular formula is C12H18ClNO. The van der Waals surface area contributed by atoms with Crippen molar-refractivity contribution in [2.45, 2.75) is 25.9 Å². The molecule has 0 fully saturated rings. The number of ether oxygens (including phenoxy) is 1. The third-order valence-corrected chi connectivity index (χ3v) is 2.77. The van der Waals surface area contributed by atoms with E-state index < -0.39 is 0 Å². The van der Waals surface area contributed by atoms with Gasteiger partial charge in [-0.25, -0.2) is 0 Å². The first-order chi connectivity index (χ1) is 7.19. The lowest BCUT2D eigenvalue weighted by Crippen LogP contribution is -2.07. The monoisotopic (exact) mass is 227 g/mol. The molecule has 2 N–H and O–H groups in total. The average molecular weight is 228 g/mol. The normalized spacial score (nSPS) is 12.8. The van der Waals surface area contributed by atoms with Crippen molar-refractivity contribution in [3.05, 3.63) is 34.3 Å². The number of methoxy groups -OCH3 is 1. The lowest BCUT2D eigenvalue weighted by atomic mass is 9.93. The molecule has 0 saturated carbocycles. The van der Waals surface area contributed by atoms with Crippen molar-refractivity contribution >= 4 is 11.6 Å². The van der Waals surface area contributed by atoms with Crippen LogP contribution in [0.5, 0.6) is 0 Å². The molecule has 0 bridgehead atoms. The van der Waals surface area contributed by atoms with E-state index in [0.717, 1.165) is 17.0 Å². The van der Waals surface area contributed by atoms with E-state index in [4.69, 9.17) is 22.1 Å². The summed E-state index contributed by atoms with van der Waals surface area (Å²) in [7, 11) is 1.69. The first-order valence-corrected chi connectivity index (χ1v) is 5.54. The number of halogens is 1. The number of hydrogen-bond acceptors (Lipinski definition) is 2. The Morgan fingerprint density at radius 1 is 1.47 bits per heavy atom. The van der Waals surface area contributed by atoms with Gasteiger partial charge in [0, 0.05) is 12.1 Å².